The number of carbonyl (C=O) groups is 1. The zero-order chi connectivity index (χ0) is 20.9. The van der Waals surface area contributed by atoms with Crippen LogP contribution in [0.3, 0.4) is 0 Å². The SMILES string of the molecule is Cc1ccc(C(=O)N2CCCC(C(F)(F)F)C2)cc1B1OC(C)(C)C(C)(C)O1. The third-order valence-electron chi connectivity index (χ3n) is 6.20. The van der Waals surface area contributed by atoms with Crippen molar-refractivity contribution in [1.82, 2.24) is 4.90 Å². The van der Waals surface area contributed by atoms with Crippen LogP contribution >= 0.6 is 0 Å². The molecule has 0 saturated carbocycles. The maximum Gasteiger partial charge on any atom is 0.495 e. The van der Waals surface area contributed by atoms with Gasteiger partial charge in [0, 0.05) is 18.7 Å². The van der Waals surface area contributed by atoms with Crippen LogP contribution in [0, 0.1) is 12.8 Å². The molecule has 1 atom stereocenters. The molecule has 28 heavy (non-hydrogen) atoms. The van der Waals surface area contributed by atoms with Gasteiger partial charge in [-0.25, -0.2) is 0 Å². The summed E-state index contributed by atoms with van der Waals surface area (Å²) in [5, 5.41) is 0. The number of nitrogens with zero attached hydrogens (tertiary/aromatic N) is 1. The van der Waals surface area contributed by atoms with Crippen LogP contribution in [-0.4, -0.2) is 48.4 Å². The summed E-state index contributed by atoms with van der Waals surface area (Å²) in [6.07, 6.45) is -3.85. The van der Waals surface area contributed by atoms with E-state index in [1.165, 1.54) is 4.90 Å². The van der Waals surface area contributed by atoms with Gasteiger partial charge in [-0.3, -0.25) is 4.79 Å². The van der Waals surface area contributed by atoms with Crippen LogP contribution in [0.25, 0.3) is 0 Å². The molecule has 3 rings (SSSR count). The van der Waals surface area contributed by atoms with Gasteiger partial charge >= 0.3 is 13.3 Å². The van der Waals surface area contributed by atoms with Crippen LogP contribution in [0.4, 0.5) is 13.2 Å². The number of rotatable bonds is 2. The molecule has 0 aliphatic carbocycles. The van der Waals surface area contributed by atoms with E-state index < -0.39 is 30.4 Å². The molecule has 2 aliphatic rings. The Morgan fingerprint density at radius 2 is 1.79 bits per heavy atom. The monoisotopic (exact) mass is 397 g/mol. The molecule has 0 aromatic heterocycles. The molecular weight excluding hydrogens is 370 g/mol. The highest BCUT2D eigenvalue weighted by atomic mass is 19.4. The molecule has 1 unspecified atom stereocenters. The Bertz CT molecular complexity index is 748. The molecule has 0 radical (unpaired) electrons. The Morgan fingerprint density at radius 1 is 1.18 bits per heavy atom. The first-order valence-corrected chi connectivity index (χ1v) is 9.64. The van der Waals surface area contributed by atoms with E-state index in [0.717, 1.165) is 11.0 Å². The molecule has 2 fully saturated rings. The molecule has 0 N–H and O–H groups in total. The highest BCUT2D eigenvalue weighted by molar-refractivity contribution is 6.62. The molecule has 0 bridgehead atoms. The van der Waals surface area contributed by atoms with E-state index in [9.17, 15) is 18.0 Å². The van der Waals surface area contributed by atoms with Crippen LogP contribution in [-0.2, 0) is 9.31 Å². The topological polar surface area (TPSA) is 38.8 Å². The van der Waals surface area contributed by atoms with Gasteiger partial charge in [0.2, 0.25) is 0 Å². The number of piperidine rings is 1. The summed E-state index contributed by atoms with van der Waals surface area (Å²) in [5.41, 5.74) is 0.960. The van der Waals surface area contributed by atoms with Crippen molar-refractivity contribution >= 4 is 18.5 Å². The quantitative estimate of drug-likeness (QED) is 0.715. The van der Waals surface area contributed by atoms with Crippen molar-refractivity contribution in [3.63, 3.8) is 0 Å². The fraction of sp³-hybridized carbons (Fsp3) is 0.650. The zero-order valence-corrected chi connectivity index (χ0v) is 17.0. The predicted octanol–water partition coefficient (Wildman–Crippen LogP) is 3.71. The molecule has 2 heterocycles. The Hall–Kier alpha value is -1.54. The molecule has 154 valence electrons. The van der Waals surface area contributed by atoms with Crippen LogP contribution in [0.15, 0.2) is 18.2 Å². The number of hydrogen-bond acceptors (Lipinski definition) is 3. The number of benzene rings is 1. The normalized spacial score (nSPS) is 24.5. The maximum absolute atomic E-state index is 13.1. The van der Waals surface area contributed by atoms with Gasteiger partial charge in [0.25, 0.3) is 5.91 Å². The molecule has 1 aromatic carbocycles. The van der Waals surface area contributed by atoms with Crippen LogP contribution in [0.2, 0.25) is 0 Å². The lowest BCUT2D eigenvalue weighted by atomic mass is 9.75. The van der Waals surface area contributed by atoms with E-state index in [1.54, 1.807) is 18.2 Å². The highest BCUT2D eigenvalue weighted by Gasteiger charge is 2.52. The van der Waals surface area contributed by atoms with Gasteiger partial charge in [-0.2, -0.15) is 13.2 Å². The molecule has 4 nitrogen and oxygen atoms in total. The van der Waals surface area contributed by atoms with Gasteiger partial charge in [-0.05, 0) is 65.1 Å². The van der Waals surface area contributed by atoms with Gasteiger partial charge in [0.1, 0.15) is 0 Å². The van der Waals surface area contributed by atoms with Crippen LogP contribution < -0.4 is 5.46 Å². The summed E-state index contributed by atoms with van der Waals surface area (Å²) < 4.78 is 51.4. The van der Waals surface area contributed by atoms with Crippen molar-refractivity contribution in [3.05, 3.63) is 29.3 Å². The molecule has 1 aromatic rings. The van der Waals surface area contributed by atoms with E-state index >= 15 is 0 Å². The smallest absolute Gasteiger partial charge is 0.399 e. The second kappa shape index (κ2) is 7.06. The Kier molecular flexibility index (Phi) is 5.34. The minimum atomic E-state index is -4.28. The van der Waals surface area contributed by atoms with Crippen molar-refractivity contribution < 1.29 is 27.3 Å². The predicted molar refractivity (Wildman–Crippen MR) is 102 cm³/mol. The second-order valence-electron chi connectivity index (χ2n) is 8.79. The first-order chi connectivity index (χ1) is 12.8. The summed E-state index contributed by atoms with van der Waals surface area (Å²) >= 11 is 0. The average molecular weight is 397 g/mol. The molecule has 8 heteroatoms. The van der Waals surface area contributed by atoms with Gasteiger partial charge < -0.3 is 14.2 Å². The van der Waals surface area contributed by atoms with Crippen LogP contribution in [0.5, 0.6) is 0 Å². The molecule has 0 spiro atoms. The van der Waals surface area contributed by atoms with E-state index in [0.29, 0.717) is 18.5 Å². The van der Waals surface area contributed by atoms with Gasteiger partial charge in [0.15, 0.2) is 0 Å². The van der Waals surface area contributed by atoms with Crippen LogP contribution in [0.1, 0.15) is 56.5 Å². The third kappa shape index (κ3) is 3.94. The molecule has 1 amide bonds. The second-order valence-corrected chi connectivity index (χ2v) is 8.79. The van der Waals surface area contributed by atoms with Crippen molar-refractivity contribution in [2.45, 2.75) is 64.8 Å². The van der Waals surface area contributed by atoms with Crippen molar-refractivity contribution in [3.8, 4) is 0 Å². The number of hydrogen-bond donors (Lipinski definition) is 0. The number of amides is 1. The largest absolute Gasteiger partial charge is 0.495 e. The molecule has 2 saturated heterocycles. The summed E-state index contributed by atoms with van der Waals surface area (Å²) in [6.45, 7) is 9.73. The summed E-state index contributed by atoms with van der Waals surface area (Å²) in [5.74, 6) is -1.84. The van der Waals surface area contributed by atoms with Gasteiger partial charge in [0.05, 0.1) is 17.1 Å². The first-order valence-electron chi connectivity index (χ1n) is 9.64. The third-order valence-corrected chi connectivity index (χ3v) is 6.20. The van der Waals surface area contributed by atoms with Crippen molar-refractivity contribution in [2.24, 2.45) is 5.92 Å². The fourth-order valence-electron chi connectivity index (χ4n) is 3.61. The summed E-state index contributed by atoms with van der Waals surface area (Å²) in [4.78, 5) is 14.2. The lowest BCUT2D eigenvalue weighted by molar-refractivity contribution is -0.184. The minimum absolute atomic E-state index is 0.0698. The summed E-state index contributed by atoms with van der Waals surface area (Å²) in [6, 6.07) is 5.14. The number of likely N-dealkylation sites (tertiary alicyclic amines) is 1. The van der Waals surface area contributed by atoms with E-state index in [2.05, 4.69) is 0 Å². The molecule has 2 aliphatic heterocycles. The van der Waals surface area contributed by atoms with E-state index in [1.807, 2.05) is 34.6 Å². The molecular formula is C20H27BF3NO3. The highest BCUT2D eigenvalue weighted by Crippen LogP contribution is 2.37. The first kappa shape index (κ1) is 21.2. The Labute approximate surface area is 164 Å². The maximum atomic E-state index is 13.1. The number of carbonyl (C=O) groups excluding carboxylic acids is 1. The van der Waals surface area contributed by atoms with Crippen molar-refractivity contribution in [1.29, 1.82) is 0 Å². The zero-order valence-electron chi connectivity index (χ0n) is 17.0. The van der Waals surface area contributed by atoms with Gasteiger partial charge in [-0.1, -0.05) is 11.6 Å². The number of aryl methyl sites for hydroxylation is 1. The van der Waals surface area contributed by atoms with Gasteiger partial charge in [-0.15, -0.1) is 0 Å². The fourth-order valence-corrected chi connectivity index (χ4v) is 3.61. The average Bonchev–Trinajstić information content (AvgIpc) is 2.81. The summed E-state index contributed by atoms with van der Waals surface area (Å²) in [7, 11) is -0.623. The lowest BCUT2D eigenvalue weighted by Crippen LogP contribution is -2.45. The van der Waals surface area contributed by atoms with E-state index in [-0.39, 0.29) is 18.9 Å². The Balaban J connectivity index is 1.83. The lowest BCUT2D eigenvalue weighted by Gasteiger charge is -2.34. The number of alkyl halides is 3. The standard InChI is InChI=1S/C20H27BF3NO3/c1-13-8-9-14(11-16(13)21-27-18(2,3)19(4,5)28-21)17(26)25-10-6-7-15(12-25)20(22,23)24/h8-9,11,15H,6-7,10,12H2,1-5H3. The Morgan fingerprint density at radius 3 is 2.36 bits per heavy atom. The van der Waals surface area contributed by atoms with E-state index in [4.69, 9.17) is 9.31 Å². The van der Waals surface area contributed by atoms with Crippen molar-refractivity contribution in [2.75, 3.05) is 13.1 Å². The number of halogens is 3. The minimum Gasteiger partial charge on any atom is -0.399 e.